The quantitative estimate of drug-likeness (QED) is 0.223. The second kappa shape index (κ2) is 3.29. The fourth-order valence-corrected chi connectivity index (χ4v) is 0.337. The summed E-state index contributed by atoms with van der Waals surface area (Å²) in [7, 11) is 0. The van der Waals surface area contributed by atoms with Crippen molar-refractivity contribution in [1.82, 2.24) is 0 Å². The number of thiocarbonyl (C=S) groups is 1. The van der Waals surface area contributed by atoms with Crippen molar-refractivity contribution < 1.29 is 0 Å². The fourth-order valence-electron chi connectivity index (χ4n) is 0.0726. The molecule has 0 fully saturated rings. The predicted molar refractivity (Wildman–Crippen MR) is 30.3 cm³/mol. The van der Waals surface area contributed by atoms with Crippen LogP contribution >= 0.6 is 23.8 Å². The number of rotatable bonds is 1. The first-order valence-electron chi connectivity index (χ1n) is 1.48. The third-order valence-corrected chi connectivity index (χ3v) is 0.434. The van der Waals surface area contributed by atoms with Gasteiger partial charge in [0.25, 0.3) is 0 Å². The van der Waals surface area contributed by atoms with Gasteiger partial charge in [-0.05, 0) is 19.1 Å². The lowest BCUT2D eigenvalue weighted by atomic mass is 10.8. The molecule has 0 saturated carbocycles. The van der Waals surface area contributed by atoms with Gasteiger partial charge in [0.15, 0.2) is 0 Å². The van der Waals surface area contributed by atoms with Crippen LogP contribution in [0.3, 0.4) is 0 Å². The van der Waals surface area contributed by atoms with Crippen molar-refractivity contribution in [3.8, 4) is 0 Å². The molecular weight excluding hydrogens is 118 g/mol. The Morgan fingerprint density at radius 2 is 2.50 bits per heavy atom. The molecule has 1 unspecified atom stereocenters. The number of isothiocyanates is 1. The first kappa shape index (κ1) is 6.09. The Hall–Kier alpha value is 0.0900. The van der Waals surface area contributed by atoms with Crippen LogP contribution < -0.4 is 0 Å². The summed E-state index contributed by atoms with van der Waals surface area (Å²) in [5.41, 5.74) is -0.220. The van der Waals surface area contributed by atoms with E-state index in [-0.39, 0.29) is 5.50 Å². The Kier molecular flexibility index (Phi) is 3.34. The maximum absolute atomic E-state index is 5.28. The van der Waals surface area contributed by atoms with E-state index in [9.17, 15) is 0 Å². The maximum atomic E-state index is 5.28. The van der Waals surface area contributed by atoms with Crippen LogP contribution in [0.15, 0.2) is 4.99 Å². The second-order valence-electron chi connectivity index (χ2n) is 0.794. The third kappa shape index (κ3) is 4.09. The molecule has 0 rings (SSSR count). The number of halogens is 1. The summed E-state index contributed by atoms with van der Waals surface area (Å²) < 4.78 is 0. The first-order valence-corrected chi connectivity index (χ1v) is 2.33. The van der Waals surface area contributed by atoms with Crippen molar-refractivity contribution >= 4 is 29.0 Å². The summed E-state index contributed by atoms with van der Waals surface area (Å²) in [5.74, 6) is 0. The van der Waals surface area contributed by atoms with Crippen LogP contribution in [0, 0.1) is 0 Å². The van der Waals surface area contributed by atoms with E-state index in [4.69, 9.17) is 11.6 Å². The largest absolute Gasteiger partial charge is 0.213 e. The van der Waals surface area contributed by atoms with E-state index in [1.165, 1.54) is 0 Å². The first-order chi connectivity index (χ1) is 2.77. The molecule has 0 aliphatic rings. The van der Waals surface area contributed by atoms with Gasteiger partial charge in [-0.25, -0.2) is 4.99 Å². The van der Waals surface area contributed by atoms with Crippen LogP contribution in [0.5, 0.6) is 0 Å². The number of hydrogen-bond acceptors (Lipinski definition) is 2. The summed E-state index contributed by atoms with van der Waals surface area (Å²) in [5, 5.41) is 2.14. The molecule has 0 aromatic rings. The highest BCUT2D eigenvalue weighted by atomic mass is 35.5. The molecule has 0 radical (unpaired) electrons. The Balaban J connectivity index is 3.29. The Morgan fingerprint density at radius 3 is 2.50 bits per heavy atom. The van der Waals surface area contributed by atoms with Crippen molar-refractivity contribution in [1.29, 1.82) is 0 Å². The van der Waals surface area contributed by atoms with Gasteiger partial charge >= 0.3 is 0 Å². The molecule has 0 saturated heterocycles. The lowest BCUT2D eigenvalue weighted by molar-refractivity contribution is 1.04. The molecule has 6 heavy (non-hydrogen) atoms. The number of aliphatic imine (C=N–C) groups is 1. The molecule has 0 N–H and O–H groups in total. The van der Waals surface area contributed by atoms with E-state index < -0.39 is 0 Å². The van der Waals surface area contributed by atoms with Gasteiger partial charge in [-0.2, -0.15) is 0 Å². The summed E-state index contributed by atoms with van der Waals surface area (Å²) in [4.78, 5) is 3.46. The minimum Gasteiger partial charge on any atom is -0.213 e. The van der Waals surface area contributed by atoms with E-state index in [1.54, 1.807) is 6.92 Å². The van der Waals surface area contributed by atoms with E-state index in [2.05, 4.69) is 22.4 Å². The zero-order valence-corrected chi connectivity index (χ0v) is 4.88. The van der Waals surface area contributed by atoms with Crippen molar-refractivity contribution in [3.05, 3.63) is 0 Å². The molecule has 0 aliphatic carbocycles. The maximum Gasteiger partial charge on any atom is 0.131 e. The average Bonchev–Trinajstić information content (AvgIpc) is 1.35. The molecule has 1 nitrogen and oxygen atoms in total. The molecule has 0 amide bonds. The Morgan fingerprint density at radius 1 is 2.00 bits per heavy atom. The predicted octanol–water partition coefficient (Wildman–Crippen LogP) is 1.67. The van der Waals surface area contributed by atoms with Gasteiger partial charge in [-0.15, -0.1) is 0 Å². The molecule has 3 heteroatoms. The molecule has 0 aliphatic heterocycles. The van der Waals surface area contributed by atoms with Crippen molar-refractivity contribution in [2.24, 2.45) is 4.99 Å². The molecule has 0 heterocycles. The van der Waals surface area contributed by atoms with E-state index in [0.717, 1.165) is 0 Å². The van der Waals surface area contributed by atoms with Gasteiger partial charge < -0.3 is 0 Å². The zero-order valence-electron chi connectivity index (χ0n) is 3.31. The van der Waals surface area contributed by atoms with Crippen LogP contribution in [0.1, 0.15) is 6.92 Å². The van der Waals surface area contributed by atoms with Gasteiger partial charge in [-0.3, -0.25) is 0 Å². The van der Waals surface area contributed by atoms with Gasteiger partial charge in [0.05, 0.1) is 5.16 Å². The van der Waals surface area contributed by atoms with E-state index >= 15 is 0 Å². The Labute approximate surface area is 47.0 Å². The van der Waals surface area contributed by atoms with Gasteiger partial charge in [0.1, 0.15) is 5.50 Å². The van der Waals surface area contributed by atoms with Crippen LogP contribution in [0.4, 0.5) is 0 Å². The van der Waals surface area contributed by atoms with Crippen LogP contribution in [0.25, 0.3) is 0 Å². The third-order valence-electron chi connectivity index (χ3n) is 0.231. The van der Waals surface area contributed by atoms with Crippen molar-refractivity contribution in [3.63, 3.8) is 0 Å². The lowest BCUT2D eigenvalue weighted by Crippen LogP contribution is -1.77. The molecular formula is C3H4ClNS. The average molecular weight is 122 g/mol. The molecule has 0 aromatic heterocycles. The van der Waals surface area contributed by atoms with Crippen LogP contribution in [-0.4, -0.2) is 10.7 Å². The monoisotopic (exact) mass is 121 g/mol. The van der Waals surface area contributed by atoms with Gasteiger partial charge in [-0.1, -0.05) is 11.6 Å². The minimum absolute atomic E-state index is 0.220. The smallest absolute Gasteiger partial charge is 0.131 e. The van der Waals surface area contributed by atoms with E-state index in [0.29, 0.717) is 0 Å². The highest BCUT2D eigenvalue weighted by molar-refractivity contribution is 7.78. The van der Waals surface area contributed by atoms with Crippen LogP contribution in [0.2, 0.25) is 0 Å². The topological polar surface area (TPSA) is 12.4 Å². The molecule has 0 aromatic carbocycles. The van der Waals surface area contributed by atoms with Gasteiger partial charge in [0.2, 0.25) is 0 Å². The minimum atomic E-state index is -0.220. The van der Waals surface area contributed by atoms with Crippen molar-refractivity contribution in [2.75, 3.05) is 0 Å². The number of alkyl halides is 1. The number of hydrogen-bond donors (Lipinski definition) is 0. The fraction of sp³-hybridized carbons (Fsp3) is 0.667. The highest BCUT2D eigenvalue weighted by Crippen LogP contribution is 1.90. The standard InChI is InChI=1S/C3H4ClNS/c1-3(4)5-2-6/h3H,1H3. The van der Waals surface area contributed by atoms with Crippen LogP contribution in [-0.2, 0) is 0 Å². The number of nitrogens with zero attached hydrogens (tertiary/aromatic N) is 1. The molecule has 0 bridgehead atoms. The molecule has 1 atom stereocenters. The second-order valence-corrected chi connectivity index (χ2v) is 1.61. The van der Waals surface area contributed by atoms with Gasteiger partial charge in [0, 0.05) is 0 Å². The highest BCUT2D eigenvalue weighted by Gasteiger charge is 1.80. The normalized spacial score (nSPS) is 12.3. The Bertz CT molecular complexity index is 74.9. The zero-order chi connectivity index (χ0) is 4.99. The summed E-state index contributed by atoms with van der Waals surface area (Å²) >= 11 is 9.51. The molecule has 34 valence electrons. The summed E-state index contributed by atoms with van der Waals surface area (Å²) in [6.07, 6.45) is 0. The van der Waals surface area contributed by atoms with Crippen molar-refractivity contribution in [2.45, 2.75) is 12.4 Å². The summed E-state index contributed by atoms with van der Waals surface area (Å²) in [6.45, 7) is 1.72. The lowest BCUT2D eigenvalue weighted by Gasteiger charge is -1.80. The molecule has 0 spiro atoms. The van der Waals surface area contributed by atoms with E-state index in [1.807, 2.05) is 0 Å². The SMILES string of the molecule is CC(Cl)N=C=S. The summed E-state index contributed by atoms with van der Waals surface area (Å²) in [6, 6.07) is 0.